The third kappa shape index (κ3) is 2.77. The predicted octanol–water partition coefficient (Wildman–Crippen LogP) is 4.37. The second-order valence-electron chi connectivity index (χ2n) is 5.02. The maximum atomic E-state index is 6.26. The van der Waals surface area contributed by atoms with Crippen molar-refractivity contribution in [1.29, 1.82) is 0 Å². The normalized spacial score (nSPS) is 19.6. The third-order valence-electron chi connectivity index (χ3n) is 3.85. The standard InChI is InChI=1S/C16H18ClNOS/c1-18-14(16-13(17)7-9-20-16)10-15-12-5-3-2-4-11(12)6-8-19-15/h2-5,7,9,14-15,18H,6,8,10H2,1H3. The van der Waals surface area contributed by atoms with Gasteiger partial charge in [0.15, 0.2) is 0 Å². The van der Waals surface area contributed by atoms with Gasteiger partial charge in [-0.1, -0.05) is 35.9 Å². The lowest BCUT2D eigenvalue weighted by Gasteiger charge is -2.29. The van der Waals surface area contributed by atoms with Crippen molar-refractivity contribution in [1.82, 2.24) is 5.32 Å². The van der Waals surface area contributed by atoms with Crippen LogP contribution in [0.15, 0.2) is 35.7 Å². The summed E-state index contributed by atoms with van der Waals surface area (Å²) >= 11 is 7.96. The zero-order valence-electron chi connectivity index (χ0n) is 11.4. The topological polar surface area (TPSA) is 21.3 Å². The van der Waals surface area contributed by atoms with Gasteiger partial charge >= 0.3 is 0 Å². The van der Waals surface area contributed by atoms with Gasteiger partial charge in [0.2, 0.25) is 0 Å². The van der Waals surface area contributed by atoms with Crippen LogP contribution < -0.4 is 5.32 Å². The second kappa shape index (κ2) is 6.27. The molecule has 0 fully saturated rings. The number of hydrogen-bond donors (Lipinski definition) is 1. The molecule has 0 radical (unpaired) electrons. The van der Waals surface area contributed by atoms with Crippen molar-refractivity contribution >= 4 is 22.9 Å². The Balaban J connectivity index is 1.82. The molecule has 2 unspecified atom stereocenters. The fourth-order valence-electron chi connectivity index (χ4n) is 2.80. The third-order valence-corrected chi connectivity index (χ3v) is 5.32. The Morgan fingerprint density at radius 1 is 1.40 bits per heavy atom. The van der Waals surface area contributed by atoms with Gasteiger partial charge in [-0.05, 0) is 42.5 Å². The summed E-state index contributed by atoms with van der Waals surface area (Å²) in [6, 6.07) is 10.8. The molecule has 3 rings (SSSR count). The van der Waals surface area contributed by atoms with Crippen LogP contribution in [-0.2, 0) is 11.2 Å². The quantitative estimate of drug-likeness (QED) is 0.906. The SMILES string of the molecule is CNC(CC1OCCc2ccccc21)c1sccc1Cl. The highest BCUT2D eigenvalue weighted by atomic mass is 35.5. The summed E-state index contributed by atoms with van der Waals surface area (Å²) in [5.41, 5.74) is 2.74. The van der Waals surface area contributed by atoms with E-state index in [4.69, 9.17) is 16.3 Å². The molecular formula is C16H18ClNOS. The first-order valence-corrected chi connectivity index (χ1v) is 8.15. The van der Waals surface area contributed by atoms with Crippen LogP contribution in [0, 0.1) is 0 Å². The molecule has 0 saturated carbocycles. The van der Waals surface area contributed by atoms with Crippen LogP contribution in [0.4, 0.5) is 0 Å². The largest absolute Gasteiger partial charge is 0.373 e. The molecule has 0 bridgehead atoms. The van der Waals surface area contributed by atoms with Crippen molar-refractivity contribution in [3.05, 3.63) is 56.7 Å². The predicted molar refractivity (Wildman–Crippen MR) is 84.6 cm³/mol. The van der Waals surface area contributed by atoms with E-state index < -0.39 is 0 Å². The maximum Gasteiger partial charge on any atom is 0.0846 e. The molecule has 2 heterocycles. The van der Waals surface area contributed by atoms with Gasteiger partial charge in [-0.25, -0.2) is 0 Å². The van der Waals surface area contributed by atoms with Crippen LogP contribution in [0.5, 0.6) is 0 Å². The van der Waals surface area contributed by atoms with Crippen molar-refractivity contribution in [2.75, 3.05) is 13.7 Å². The molecule has 2 nitrogen and oxygen atoms in total. The van der Waals surface area contributed by atoms with Crippen molar-refractivity contribution in [3.63, 3.8) is 0 Å². The van der Waals surface area contributed by atoms with Gasteiger partial charge in [0.05, 0.1) is 17.7 Å². The fourth-order valence-corrected chi connectivity index (χ4v) is 4.11. The number of hydrogen-bond acceptors (Lipinski definition) is 3. The molecule has 2 aromatic rings. The van der Waals surface area contributed by atoms with E-state index in [1.54, 1.807) is 11.3 Å². The summed E-state index contributed by atoms with van der Waals surface area (Å²) in [7, 11) is 1.98. The first-order valence-electron chi connectivity index (χ1n) is 6.89. The van der Waals surface area contributed by atoms with E-state index in [1.807, 2.05) is 18.5 Å². The number of nitrogens with one attached hydrogen (secondary N) is 1. The molecule has 106 valence electrons. The Kier molecular flexibility index (Phi) is 4.41. The van der Waals surface area contributed by atoms with Crippen LogP contribution in [0.3, 0.4) is 0 Å². The Hall–Kier alpha value is -0.870. The minimum Gasteiger partial charge on any atom is -0.373 e. The summed E-state index contributed by atoms with van der Waals surface area (Å²) in [4.78, 5) is 1.20. The molecule has 0 saturated heterocycles. The average molecular weight is 308 g/mol. The molecule has 1 N–H and O–H groups in total. The molecule has 20 heavy (non-hydrogen) atoms. The molecule has 2 atom stereocenters. The minimum absolute atomic E-state index is 0.149. The van der Waals surface area contributed by atoms with E-state index in [-0.39, 0.29) is 12.1 Å². The number of fused-ring (bicyclic) bond motifs is 1. The summed E-state index contributed by atoms with van der Waals surface area (Å²) in [5, 5.41) is 6.25. The Morgan fingerprint density at radius 3 is 3.00 bits per heavy atom. The highest BCUT2D eigenvalue weighted by Crippen LogP contribution is 2.37. The number of thiophene rings is 1. The van der Waals surface area contributed by atoms with Crippen molar-refractivity contribution in [2.24, 2.45) is 0 Å². The molecular weight excluding hydrogens is 290 g/mol. The summed E-state index contributed by atoms with van der Waals surface area (Å²) in [6.07, 6.45) is 2.07. The lowest BCUT2D eigenvalue weighted by molar-refractivity contribution is 0.0301. The van der Waals surface area contributed by atoms with Gasteiger partial charge in [-0.3, -0.25) is 0 Å². The minimum atomic E-state index is 0.149. The zero-order valence-corrected chi connectivity index (χ0v) is 13.0. The number of benzene rings is 1. The maximum absolute atomic E-state index is 6.26. The number of halogens is 1. The first kappa shape index (κ1) is 14.1. The highest BCUT2D eigenvalue weighted by Gasteiger charge is 2.25. The van der Waals surface area contributed by atoms with E-state index >= 15 is 0 Å². The molecule has 1 aliphatic rings. The van der Waals surface area contributed by atoms with Gasteiger partial charge in [0.25, 0.3) is 0 Å². The number of ether oxygens (including phenoxy) is 1. The monoisotopic (exact) mass is 307 g/mol. The molecule has 4 heteroatoms. The zero-order chi connectivity index (χ0) is 13.9. The molecule has 0 amide bonds. The number of rotatable bonds is 4. The van der Waals surface area contributed by atoms with Gasteiger partial charge in [0.1, 0.15) is 0 Å². The molecule has 0 spiro atoms. The van der Waals surface area contributed by atoms with Crippen LogP contribution >= 0.6 is 22.9 Å². The lowest BCUT2D eigenvalue weighted by Crippen LogP contribution is -2.23. The second-order valence-corrected chi connectivity index (χ2v) is 6.37. The van der Waals surface area contributed by atoms with E-state index in [2.05, 4.69) is 29.6 Å². The summed E-state index contributed by atoms with van der Waals surface area (Å²) < 4.78 is 6.00. The van der Waals surface area contributed by atoms with Crippen molar-refractivity contribution in [2.45, 2.75) is 25.0 Å². The fraction of sp³-hybridized carbons (Fsp3) is 0.375. The molecule has 1 aromatic carbocycles. The Morgan fingerprint density at radius 2 is 2.25 bits per heavy atom. The van der Waals surface area contributed by atoms with Crippen molar-refractivity contribution < 1.29 is 4.74 Å². The smallest absolute Gasteiger partial charge is 0.0846 e. The van der Waals surface area contributed by atoms with E-state index in [1.165, 1.54) is 16.0 Å². The van der Waals surface area contributed by atoms with E-state index in [9.17, 15) is 0 Å². The summed E-state index contributed by atoms with van der Waals surface area (Å²) in [5.74, 6) is 0. The molecule has 0 aliphatic carbocycles. The van der Waals surface area contributed by atoms with E-state index in [0.717, 1.165) is 24.5 Å². The van der Waals surface area contributed by atoms with Crippen LogP contribution in [-0.4, -0.2) is 13.7 Å². The van der Waals surface area contributed by atoms with Gasteiger partial charge < -0.3 is 10.1 Å². The Labute approximate surface area is 128 Å². The van der Waals surface area contributed by atoms with Crippen LogP contribution in [0.2, 0.25) is 5.02 Å². The van der Waals surface area contributed by atoms with Gasteiger partial charge in [0, 0.05) is 10.9 Å². The van der Waals surface area contributed by atoms with Crippen LogP contribution in [0.25, 0.3) is 0 Å². The van der Waals surface area contributed by atoms with E-state index in [0.29, 0.717) is 0 Å². The lowest BCUT2D eigenvalue weighted by atomic mass is 9.93. The van der Waals surface area contributed by atoms with Gasteiger partial charge in [-0.2, -0.15) is 0 Å². The Bertz CT molecular complexity index is 583. The van der Waals surface area contributed by atoms with Crippen LogP contribution in [0.1, 0.15) is 34.6 Å². The average Bonchev–Trinajstić information content (AvgIpc) is 2.91. The van der Waals surface area contributed by atoms with Crippen molar-refractivity contribution in [3.8, 4) is 0 Å². The summed E-state index contributed by atoms with van der Waals surface area (Å²) in [6.45, 7) is 0.802. The first-order chi connectivity index (χ1) is 9.79. The highest BCUT2D eigenvalue weighted by molar-refractivity contribution is 7.10. The molecule has 1 aromatic heterocycles. The molecule has 1 aliphatic heterocycles. The van der Waals surface area contributed by atoms with Gasteiger partial charge in [-0.15, -0.1) is 11.3 Å².